The van der Waals surface area contributed by atoms with E-state index in [1.165, 1.54) is 22.7 Å². The van der Waals surface area contributed by atoms with Crippen molar-refractivity contribution in [1.82, 2.24) is 4.98 Å². The first kappa shape index (κ1) is 13.7. The van der Waals surface area contributed by atoms with Gasteiger partial charge in [0.05, 0.1) is 22.6 Å². The minimum absolute atomic E-state index is 0.0487. The molecule has 0 fully saturated rings. The van der Waals surface area contributed by atoms with Crippen LogP contribution in [0, 0.1) is 18.8 Å². The maximum Gasteiger partial charge on any atom is 0.267 e. The molecular formula is C13H12N2O2S2. The van der Waals surface area contributed by atoms with Gasteiger partial charge in [-0.2, -0.15) is 0 Å². The molecule has 0 saturated carbocycles. The van der Waals surface area contributed by atoms with Gasteiger partial charge in [-0.25, -0.2) is 4.98 Å². The molecule has 2 heterocycles. The number of carbonyl (C=O) groups is 1. The van der Waals surface area contributed by atoms with Crippen molar-refractivity contribution in [2.24, 2.45) is 0 Å². The molecule has 2 aromatic heterocycles. The lowest BCUT2D eigenvalue weighted by Crippen LogP contribution is -2.10. The predicted molar refractivity (Wildman–Crippen MR) is 77.7 cm³/mol. The van der Waals surface area contributed by atoms with Crippen LogP contribution < -0.4 is 5.32 Å². The monoisotopic (exact) mass is 292 g/mol. The lowest BCUT2D eigenvalue weighted by molar-refractivity contribution is 0.103. The van der Waals surface area contributed by atoms with E-state index in [0.29, 0.717) is 16.4 Å². The molecule has 0 aromatic carbocycles. The Morgan fingerprint density at radius 1 is 1.58 bits per heavy atom. The zero-order valence-corrected chi connectivity index (χ0v) is 11.9. The highest BCUT2D eigenvalue weighted by Crippen LogP contribution is 2.21. The average molecular weight is 292 g/mol. The largest absolute Gasteiger partial charge is 0.395 e. The molecule has 6 heteroatoms. The van der Waals surface area contributed by atoms with E-state index in [4.69, 9.17) is 5.11 Å². The van der Waals surface area contributed by atoms with E-state index in [-0.39, 0.29) is 12.5 Å². The van der Waals surface area contributed by atoms with Gasteiger partial charge in [-0.1, -0.05) is 23.2 Å². The fraction of sp³-hybridized carbons (Fsp3) is 0.231. The van der Waals surface area contributed by atoms with Crippen LogP contribution >= 0.6 is 22.7 Å². The number of rotatable bonds is 3. The standard InChI is InChI=1S/C13H12N2O2S2/c1-9-5-7-18-11(9)12(17)15-13-14-8-10(19-13)4-2-3-6-16/h5,7-8,16H,3,6H2,1H3,(H,14,15,17). The summed E-state index contributed by atoms with van der Waals surface area (Å²) in [7, 11) is 0. The van der Waals surface area contributed by atoms with Crippen molar-refractivity contribution in [3.63, 3.8) is 0 Å². The molecule has 0 spiro atoms. The second kappa shape index (κ2) is 6.48. The number of nitrogens with one attached hydrogen (secondary N) is 1. The Morgan fingerprint density at radius 3 is 3.11 bits per heavy atom. The van der Waals surface area contributed by atoms with E-state index in [9.17, 15) is 4.79 Å². The van der Waals surface area contributed by atoms with Crippen molar-refractivity contribution in [2.75, 3.05) is 11.9 Å². The van der Waals surface area contributed by atoms with Gasteiger partial charge >= 0.3 is 0 Å². The number of amides is 1. The Labute approximate surface area is 119 Å². The molecule has 19 heavy (non-hydrogen) atoms. The first-order valence-corrected chi connectivity index (χ1v) is 7.31. The number of hydrogen-bond acceptors (Lipinski definition) is 5. The van der Waals surface area contributed by atoms with Crippen LogP contribution in [0.1, 0.15) is 26.5 Å². The lowest BCUT2D eigenvalue weighted by Gasteiger charge is -1.99. The molecule has 0 bridgehead atoms. The van der Waals surface area contributed by atoms with Crippen LogP contribution in [0.3, 0.4) is 0 Å². The maximum atomic E-state index is 12.0. The molecule has 4 nitrogen and oxygen atoms in total. The Balaban J connectivity index is 2.03. The summed E-state index contributed by atoms with van der Waals surface area (Å²) in [5.41, 5.74) is 0.960. The number of thiophene rings is 1. The fourth-order valence-corrected chi connectivity index (χ4v) is 2.86. The van der Waals surface area contributed by atoms with Crippen molar-refractivity contribution in [2.45, 2.75) is 13.3 Å². The highest BCUT2D eigenvalue weighted by Gasteiger charge is 2.12. The van der Waals surface area contributed by atoms with Gasteiger partial charge in [0.1, 0.15) is 0 Å². The number of aryl methyl sites for hydroxylation is 1. The topological polar surface area (TPSA) is 62.2 Å². The first-order chi connectivity index (χ1) is 9.20. The summed E-state index contributed by atoms with van der Waals surface area (Å²) in [6.07, 6.45) is 2.06. The highest BCUT2D eigenvalue weighted by atomic mass is 32.1. The Hall–Kier alpha value is -1.68. The molecule has 0 aliphatic heterocycles. The summed E-state index contributed by atoms with van der Waals surface area (Å²) in [6, 6.07) is 1.91. The van der Waals surface area contributed by atoms with Gasteiger partial charge in [-0.15, -0.1) is 11.3 Å². The minimum atomic E-state index is -0.142. The van der Waals surface area contributed by atoms with Crippen LogP contribution in [0.25, 0.3) is 0 Å². The molecule has 98 valence electrons. The molecule has 0 aliphatic carbocycles. The van der Waals surface area contributed by atoms with Crippen LogP contribution in [0.2, 0.25) is 0 Å². The van der Waals surface area contributed by atoms with Gasteiger partial charge in [-0.3, -0.25) is 10.1 Å². The van der Waals surface area contributed by atoms with Gasteiger partial charge in [0.15, 0.2) is 5.13 Å². The molecule has 0 radical (unpaired) electrons. The van der Waals surface area contributed by atoms with Gasteiger partial charge in [0, 0.05) is 6.42 Å². The van der Waals surface area contributed by atoms with Crippen LogP contribution in [0.4, 0.5) is 5.13 Å². The Bertz CT molecular complexity index is 634. The molecule has 0 saturated heterocycles. The van der Waals surface area contributed by atoms with E-state index < -0.39 is 0 Å². The van der Waals surface area contributed by atoms with E-state index >= 15 is 0 Å². The minimum Gasteiger partial charge on any atom is -0.395 e. The molecule has 2 N–H and O–H groups in total. The number of hydrogen-bond donors (Lipinski definition) is 2. The molecule has 2 aromatic rings. The predicted octanol–water partition coefficient (Wildman–Crippen LogP) is 2.50. The van der Waals surface area contributed by atoms with Crippen molar-refractivity contribution >= 4 is 33.7 Å². The number of aliphatic hydroxyl groups excluding tert-OH is 1. The summed E-state index contributed by atoms with van der Waals surface area (Å²) >= 11 is 2.73. The third kappa shape index (κ3) is 3.64. The van der Waals surface area contributed by atoms with Gasteiger partial charge in [-0.05, 0) is 23.9 Å². The first-order valence-electron chi connectivity index (χ1n) is 5.61. The smallest absolute Gasteiger partial charge is 0.267 e. The van der Waals surface area contributed by atoms with Crippen LogP contribution in [0.5, 0.6) is 0 Å². The van der Waals surface area contributed by atoms with Crippen molar-refractivity contribution in [3.05, 3.63) is 33.0 Å². The third-order valence-corrected chi connectivity index (χ3v) is 4.09. The lowest BCUT2D eigenvalue weighted by atomic mass is 10.3. The van der Waals surface area contributed by atoms with Crippen LogP contribution in [-0.2, 0) is 0 Å². The molecule has 1 amide bonds. The maximum absolute atomic E-state index is 12.0. The summed E-state index contributed by atoms with van der Waals surface area (Å²) in [4.78, 5) is 17.5. The summed E-state index contributed by atoms with van der Waals surface area (Å²) < 4.78 is 0. The van der Waals surface area contributed by atoms with Crippen LogP contribution in [0.15, 0.2) is 17.6 Å². The van der Waals surface area contributed by atoms with Crippen molar-refractivity contribution in [3.8, 4) is 11.8 Å². The molecule has 0 atom stereocenters. The normalized spacial score (nSPS) is 9.79. The summed E-state index contributed by atoms with van der Waals surface area (Å²) in [6.45, 7) is 1.95. The number of anilines is 1. The molecular weight excluding hydrogens is 280 g/mol. The van der Waals surface area contributed by atoms with E-state index in [1.54, 1.807) is 6.20 Å². The van der Waals surface area contributed by atoms with E-state index in [1.807, 2.05) is 18.4 Å². The summed E-state index contributed by atoms with van der Waals surface area (Å²) in [5, 5.41) is 13.8. The number of aromatic nitrogens is 1. The summed E-state index contributed by atoms with van der Waals surface area (Å²) in [5.74, 6) is 5.56. The van der Waals surface area contributed by atoms with Crippen molar-refractivity contribution in [1.29, 1.82) is 0 Å². The van der Waals surface area contributed by atoms with Crippen molar-refractivity contribution < 1.29 is 9.90 Å². The Morgan fingerprint density at radius 2 is 2.42 bits per heavy atom. The average Bonchev–Trinajstić information content (AvgIpc) is 2.99. The SMILES string of the molecule is Cc1ccsc1C(=O)Nc1ncc(C#CCCO)s1. The fourth-order valence-electron chi connectivity index (χ4n) is 1.35. The second-order valence-corrected chi connectivity index (χ2v) is 5.64. The quantitative estimate of drug-likeness (QED) is 0.854. The van der Waals surface area contributed by atoms with Gasteiger partial charge < -0.3 is 5.11 Å². The van der Waals surface area contributed by atoms with E-state index in [0.717, 1.165) is 10.4 Å². The number of thiazole rings is 1. The molecule has 0 unspecified atom stereocenters. The third-order valence-electron chi connectivity index (χ3n) is 2.24. The zero-order valence-electron chi connectivity index (χ0n) is 10.3. The Kier molecular flexibility index (Phi) is 4.68. The molecule has 0 aliphatic rings. The van der Waals surface area contributed by atoms with E-state index in [2.05, 4.69) is 22.1 Å². The van der Waals surface area contributed by atoms with Crippen LogP contribution in [-0.4, -0.2) is 22.6 Å². The van der Waals surface area contributed by atoms with Gasteiger partial charge in [0.2, 0.25) is 0 Å². The highest BCUT2D eigenvalue weighted by molar-refractivity contribution is 7.16. The number of carbonyl (C=O) groups excluding carboxylic acids is 1. The second-order valence-electron chi connectivity index (χ2n) is 3.69. The number of nitrogens with zero attached hydrogens (tertiary/aromatic N) is 1. The number of aliphatic hydroxyl groups is 1. The van der Waals surface area contributed by atoms with Gasteiger partial charge in [0.25, 0.3) is 5.91 Å². The zero-order chi connectivity index (χ0) is 13.7. The molecule has 2 rings (SSSR count).